The van der Waals surface area contributed by atoms with Crippen LogP contribution in [0.1, 0.15) is 23.0 Å². The van der Waals surface area contributed by atoms with Crippen LogP contribution in [-0.4, -0.2) is 18.0 Å². The van der Waals surface area contributed by atoms with Crippen molar-refractivity contribution in [1.29, 1.82) is 0 Å². The number of hydrogen-bond donors (Lipinski definition) is 1. The van der Waals surface area contributed by atoms with Gasteiger partial charge >= 0.3 is 6.18 Å². The van der Waals surface area contributed by atoms with Gasteiger partial charge in [-0.25, -0.2) is 17.8 Å². The third kappa shape index (κ3) is 4.23. The van der Waals surface area contributed by atoms with Gasteiger partial charge in [0, 0.05) is 19.4 Å². The molecule has 0 aliphatic carbocycles. The van der Waals surface area contributed by atoms with Crippen molar-refractivity contribution >= 4 is 10.0 Å². The van der Waals surface area contributed by atoms with Crippen LogP contribution < -0.4 is 4.72 Å². The summed E-state index contributed by atoms with van der Waals surface area (Å²) in [7, 11) is -2.58. The van der Waals surface area contributed by atoms with Crippen molar-refractivity contribution in [2.45, 2.75) is 17.1 Å². The van der Waals surface area contributed by atoms with Crippen molar-refractivity contribution < 1.29 is 26.0 Å². The molecule has 0 amide bonds. The molecule has 0 aliphatic rings. The van der Waals surface area contributed by atoms with E-state index < -0.39 is 33.6 Å². The summed E-state index contributed by atoms with van der Waals surface area (Å²) in [4.78, 5) is 3.76. The number of alkyl halides is 3. The molecule has 1 aromatic heterocycles. The lowest BCUT2D eigenvalue weighted by atomic mass is 10.1. The monoisotopic (exact) mass is 413 g/mol. The van der Waals surface area contributed by atoms with Crippen LogP contribution >= 0.6 is 0 Å². The first-order valence-corrected chi connectivity index (χ1v) is 9.48. The highest BCUT2D eigenvalue weighted by Crippen LogP contribution is 2.30. The standard InChI is InChI=1S/C18H15F4N3O2S/c1-25-10-9-23-17(25)16(12-3-2-4-14(19)11-12)24-28(26,27)15-7-5-13(6-8-15)18(20,21)22/h2-11,16,24H,1H3. The van der Waals surface area contributed by atoms with E-state index in [0.717, 1.165) is 18.2 Å². The molecule has 1 heterocycles. The minimum absolute atomic E-state index is 0.293. The summed E-state index contributed by atoms with van der Waals surface area (Å²) < 4.78 is 81.2. The van der Waals surface area contributed by atoms with Gasteiger partial charge in [0.2, 0.25) is 10.0 Å². The summed E-state index contributed by atoms with van der Waals surface area (Å²) in [6.07, 6.45) is -1.53. The minimum Gasteiger partial charge on any atom is -0.336 e. The molecular formula is C18H15F4N3O2S. The van der Waals surface area contributed by atoms with Crippen molar-refractivity contribution in [3.63, 3.8) is 0 Å². The SMILES string of the molecule is Cn1ccnc1C(NS(=O)(=O)c1ccc(C(F)(F)F)cc1)c1cccc(F)c1. The molecule has 1 unspecified atom stereocenters. The number of imidazole rings is 1. The largest absolute Gasteiger partial charge is 0.416 e. The number of nitrogens with zero attached hydrogens (tertiary/aromatic N) is 2. The second-order valence-corrected chi connectivity index (χ2v) is 7.74. The lowest BCUT2D eigenvalue weighted by Gasteiger charge is -2.19. The molecule has 3 rings (SSSR count). The highest BCUT2D eigenvalue weighted by Gasteiger charge is 2.31. The third-order valence-electron chi connectivity index (χ3n) is 4.06. The van der Waals surface area contributed by atoms with E-state index in [2.05, 4.69) is 9.71 Å². The quantitative estimate of drug-likeness (QED) is 0.650. The van der Waals surface area contributed by atoms with Gasteiger partial charge in [-0.1, -0.05) is 12.1 Å². The van der Waals surface area contributed by atoms with Gasteiger partial charge in [0.15, 0.2) is 0 Å². The van der Waals surface area contributed by atoms with Crippen LogP contribution in [0.2, 0.25) is 0 Å². The second kappa shape index (κ2) is 7.36. The Hall–Kier alpha value is -2.72. The fourth-order valence-corrected chi connectivity index (χ4v) is 3.84. The van der Waals surface area contributed by atoms with E-state index in [1.807, 2.05) is 0 Å². The predicted molar refractivity (Wildman–Crippen MR) is 93.2 cm³/mol. The van der Waals surface area contributed by atoms with Crippen LogP contribution in [0.4, 0.5) is 17.6 Å². The first-order valence-electron chi connectivity index (χ1n) is 8.00. The van der Waals surface area contributed by atoms with E-state index in [0.29, 0.717) is 23.5 Å². The van der Waals surface area contributed by atoms with Gasteiger partial charge in [-0.2, -0.15) is 17.9 Å². The first-order chi connectivity index (χ1) is 13.1. The summed E-state index contributed by atoms with van der Waals surface area (Å²) in [5.74, 6) is -0.272. The Kier molecular flexibility index (Phi) is 5.26. The molecule has 10 heteroatoms. The highest BCUT2D eigenvalue weighted by atomic mass is 32.2. The van der Waals surface area contributed by atoms with Crippen molar-refractivity contribution in [2.75, 3.05) is 0 Å². The summed E-state index contributed by atoms with van der Waals surface area (Å²) >= 11 is 0. The molecule has 1 atom stereocenters. The zero-order chi connectivity index (χ0) is 20.5. The van der Waals surface area contributed by atoms with Crippen LogP contribution in [0, 0.1) is 5.82 Å². The van der Waals surface area contributed by atoms with Gasteiger partial charge in [-0.15, -0.1) is 0 Å². The number of rotatable bonds is 5. The fourth-order valence-electron chi connectivity index (χ4n) is 2.66. The lowest BCUT2D eigenvalue weighted by molar-refractivity contribution is -0.137. The Morgan fingerprint density at radius 1 is 1.11 bits per heavy atom. The molecule has 0 saturated heterocycles. The molecule has 28 heavy (non-hydrogen) atoms. The number of nitrogens with one attached hydrogen (secondary N) is 1. The molecule has 1 N–H and O–H groups in total. The fraction of sp³-hybridized carbons (Fsp3) is 0.167. The smallest absolute Gasteiger partial charge is 0.336 e. The van der Waals surface area contributed by atoms with Gasteiger partial charge < -0.3 is 4.57 Å². The number of halogens is 4. The van der Waals surface area contributed by atoms with Crippen LogP contribution in [0.5, 0.6) is 0 Å². The average molecular weight is 413 g/mol. The lowest BCUT2D eigenvalue weighted by Crippen LogP contribution is -2.31. The van der Waals surface area contributed by atoms with Gasteiger partial charge in [-0.05, 0) is 42.0 Å². The maximum Gasteiger partial charge on any atom is 0.416 e. The number of hydrogen-bond acceptors (Lipinski definition) is 3. The maximum atomic E-state index is 13.7. The number of aryl methyl sites for hydroxylation is 1. The van der Waals surface area contributed by atoms with Crippen molar-refractivity contribution in [1.82, 2.24) is 14.3 Å². The number of benzene rings is 2. The Morgan fingerprint density at radius 3 is 2.32 bits per heavy atom. The van der Waals surface area contributed by atoms with Crippen LogP contribution in [0.3, 0.4) is 0 Å². The minimum atomic E-state index is -4.58. The molecule has 0 aliphatic heterocycles. The molecule has 0 saturated carbocycles. The van der Waals surface area contributed by atoms with Crippen molar-refractivity contribution in [3.8, 4) is 0 Å². The maximum absolute atomic E-state index is 13.7. The number of sulfonamides is 1. The first kappa shape index (κ1) is 20.0. The van der Waals surface area contributed by atoms with Crippen LogP contribution in [-0.2, 0) is 23.2 Å². The average Bonchev–Trinajstić information content (AvgIpc) is 3.05. The van der Waals surface area contributed by atoms with E-state index in [4.69, 9.17) is 0 Å². The van der Waals surface area contributed by atoms with Gasteiger partial charge in [0.1, 0.15) is 17.7 Å². The van der Waals surface area contributed by atoms with E-state index in [1.54, 1.807) is 17.8 Å². The zero-order valence-electron chi connectivity index (χ0n) is 14.5. The molecule has 0 spiro atoms. The van der Waals surface area contributed by atoms with Gasteiger partial charge in [-0.3, -0.25) is 0 Å². The van der Waals surface area contributed by atoms with E-state index in [1.165, 1.54) is 24.4 Å². The van der Waals surface area contributed by atoms with Gasteiger partial charge in [0.05, 0.1) is 10.5 Å². The van der Waals surface area contributed by atoms with Crippen LogP contribution in [0.15, 0.2) is 65.8 Å². The Morgan fingerprint density at radius 2 is 1.79 bits per heavy atom. The molecule has 2 aromatic carbocycles. The predicted octanol–water partition coefficient (Wildman–Crippen LogP) is 3.65. The Balaban J connectivity index is 1.99. The Labute approximate surface area is 158 Å². The summed E-state index contributed by atoms with van der Waals surface area (Å²) in [6, 6.07) is 7.39. The molecule has 0 radical (unpaired) electrons. The summed E-state index contributed by atoms with van der Waals surface area (Å²) in [6.45, 7) is 0. The second-order valence-electron chi connectivity index (χ2n) is 6.03. The molecular weight excluding hydrogens is 398 g/mol. The zero-order valence-corrected chi connectivity index (χ0v) is 15.3. The highest BCUT2D eigenvalue weighted by molar-refractivity contribution is 7.89. The summed E-state index contributed by atoms with van der Waals surface area (Å²) in [5.41, 5.74) is -0.665. The molecule has 0 fully saturated rings. The van der Waals surface area contributed by atoms with E-state index >= 15 is 0 Å². The molecule has 5 nitrogen and oxygen atoms in total. The van der Waals surface area contributed by atoms with Crippen molar-refractivity contribution in [3.05, 3.63) is 83.7 Å². The molecule has 3 aromatic rings. The van der Waals surface area contributed by atoms with Gasteiger partial charge in [0.25, 0.3) is 0 Å². The van der Waals surface area contributed by atoms with E-state index in [9.17, 15) is 26.0 Å². The normalized spacial score (nSPS) is 13.5. The topological polar surface area (TPSA) is 64.0 Å². The van der Waals surface area contributed by atoms with Crippen molar-refractivity contribution in [2.24, 2.45) is 7.05 Å². The third-order valence-corrected chi connectivity index (χ3v) is 5.50. The number of aromatic nitrogens is 2. The molecule has 0 bridgehead atoms. The van der Waals surface area contributed by atoms with Crippen LogP contribution in [0.25, 0.3) is 0 Å². The Bertz CT molecular complexity index is 1080. The van der Waals surface area contributed by atoms with E-state index in [-0.39, 0.29) is 4.90 Å². The summed E-state index contributed by atoms with van der Waals surface area (Å²) in [5, 5.41) is 0. The molecule has 148 valence electrons.